The standard InChI is InChI=1S/C30H34N4O2/c1-2-3-19-33(26-9-5-4-6-10-26)30(36)25-16-17-27-24(21-25)8-7-20-34(27)28(35)18-13-22-11-14-23(15-12-22)29(31)32/h4-6,9-12,14-17,21H,2-3,7-8,13,18-20H2,1H3,(H3,31,32). The predicted octanol–water partition coefficient (Wildman–Crippen LogP) is 5.33. The SMILES string of the molecule is CCCCN(C(=O)c1ccc2c(c1)CCCN2C(=O)CCc1ccc(C(=N)N)cc1)c1ccccc1. The average Bonchev–Trinajstić information content (AvgIpc) is 2.92. The van der Waals surface area contributed by atoms with E-state index in [0.717, 1.165) is 48.2 Å². The van der Waals surface area contributed by atoms with Crippen molar-refractivity contribution in [2.24, 2.45) is 5.73 Å². The van der Waals surface area contributed by atoms with Crippen LogP contribution in [-0.4, -0.2) is 30.7 Å². The Morgan fingerprint density at radius 1 is 1.00 bits per heavy atom. The van der Waals surface area contributed by atoms with Crippen molar-refractivity contribution in [1.29, 1.82) is 5.41 Å². The van der Waals surface area contributed by atoms with E-state index in [4.69, 9.17) is 11.1 Å². The first-order chi connectivity index (χ1) is 17.5. The van der Waals surface area contributed by atoms with Gasteiger partial charge in [-0.1, -0.05) is 55.8 Å². The van der Waals surface area contributed by atoms with Crippen LogP contribution in [0.1, 0.15) is 59.7 Å². The summed E-state index contributed by atoms with van der Waals surface area (Å²) >= 11 is 0. The molecule has 0 fully saturated rings. The molecule has 1 heterocycles. The van der Waals surface area contributed by atoms with Crippen molar-refractivity contribution in [3.05, 3.63) is 95.1 Å². The molecule has 36 heavy (non-hydrogen) atoms. The molecule has 3 N–H and O–H groups in total. The van der Waals surface area contributed by atoms with Crippen LogP contribution in [0, 0.1) is 5.41 Å². The van der Waals surface area contributed by atoms with Gasteiger partial charge in [0.2, 0.25) is 5.91 Å². The summed E-state index contributed by atoms with van der Waals surface area (Å²) < 4.78 is 0. The van der Waals surface area contributed by atoms with Crippen molar-refractivity contribution in [2.45, 2.75) is 45.4 Å². The van der Waals surface area contributed by atoms with Crippen molar-refractivity contribution >= 4 is 29.0 Å². The number of fused-ring (bicyclic) bond motifs is 1. The lowest BCUT2D eigenvalue weighted by molar-refractivity contribution is -0.118. The van der Waals surface area contributed by atoms with E-state index in [1.165, 1.54) is 0 Å². The summed E-state index contributed by atoms with van der Waals surface area (Å²) in [6, 6.07) is 23.0. The van der Waals surface area contributed by atoms with Gasteiger partial charge in [0.05, 0.1) is 0 Å². The molecule has 3 aromatic carbocycles. The molecule has 0 spiro atoms. The number of carbonyl (C=O) groups is 2. The van der Waals surface area contributed by atoms with Gasteiger partial charge in [-0.2, -0.15) is 0 Å². The van der Waals surface area contributed by atoms with Gasteiger partial charge in [0.15, 0.2) is 0 Å². The zero-order valence-corrected chi connectivity index (χ0v) is 20.9. The van der Waals surface area contributed by atoms with Crippen LogP contribution in [0.5, 0.6) is 0 Å². The number of para-hydroxylation sites is 1. The molecule has 1 aliphatic heterocycles. The highest BCUT2D eigenvalue weighted by molar-refractivity contribution is 6.07. The molecule has 0 unspecified atom stereocenters. The van der Waals surface area contributed by atoms with Crippen LogP contribution < -0.4 is 15.5 Å². The van der Waals surface area contributed by atoms with Crippen molar-refractivity contribution in [3.63, 3.8) is 0 Å². The second-order valence-electron chi connectivity index (χ2n) is 9.25. The Morgan fingerprint density at radius 3 is 2.42 bits per heavy atom. The monoisotopic (exact) mass is 482 g/mol. The normalized spacial score (nSPS) is 12.6. The van der Waals surface area contributed by atoms with Gasteiger partial charge in [0.25, 0.3) is 5.91 Å². The number of carbonyl (C=O) groups excluding carboxylic acids is 2. The van der Waals surface area contributed by atoms with Gasteiger partial charge in [-0.15, -0.1) is 0 Å². The van der Waals surface area contributed by atoms with E-state index in [1.54, 1.807) is 0 Å². The molecule has 0 saturated carbocycles. The van der Waals surface area contributed by atoms with Gasteiger partial charge in [-0.05, 0) is 67.1 Å². The highest BCUT2D eigenvalue weighted by Gasteiger charge is 2.25. The van der Waals surface area contributed by atoms with Crippen LogP contribution in [0.25, 0.3) is 0 Å². The molecule has 186 valence electrons. The first kappa shape index (κ1) is 25.2. The molecule has 0 bridgehead atoms. The van der Waals surface area contributed by atoms with E-state index in [1.807, 2.05) is 82.6 Å². The number of nitrogens with one attached hydrogen (secondary N) is 1. The van der Waals surface area contributed by atoms with Crippen LogP contribution in [0.3, 0.4) is 0 Å². The van der Waals surface area contributed by atoms with Crippen LogP contribution in [-0.2, 0) is 17.6 Å². The Kier molecular flexibility index (Phi) is 8.16. The molecule has 4 rings (SSSR count). The molecule has 1 aliphatic rings. The molecular formula is C30H34N4O2. The molecule has 6 nitrogen and oxygen atoms in total. The van der Waals surface area contributed by atoms with Gasteiger partial charge >= 0.3 is 0 Å². The molecule has 0 radical (unpaired) electrons. The van der Waals surface area contributed by atoms with Crippen molar-refractivity contribution in [3.8, 4) is 0 Å². The van der Waals surface area contributed by atoms with E-state index in [-0.39, 0.29) is 17.6 Å². The fraction of sp³-hybridized carbons (Fsp3) is 0.300. The van der Waals surface area contributed by atoms with Gasteiger partial charge in [0.1, 0.15) is 5.84 Å². The highest BCUT2D eigenvalue weighted by Crippen LogP contribution is 2.30. The fourth-order valence-electron chi connectivity index (χ4n) is 4.65. The maximum absolute atomic E-state index is 13.5. The topological polar surface area (TPSA) is 90.5 Å². The number of benzene rings is 3. The Morgan fingerprint density at radius 2 is 1.72 bits per heavy atom. The molecule has 6 heteroatoms. The van der Waals surface area contributed by atoms with Gasteiger partial charge < -0.3 is 15.5 Å². The first-order valence-electron chi connectivity index (χ1n) is 12.7. The summed E-state index contributed by atoms with van der Waals surface area (Å²) in [5.41, 5.74) is 10.8. The summed E-state index contributed by atoms with van der Waals surface area (Å²) in [5, 5.41) is 7.51. The first-order valence-corrected chi connectivity index (χ1v) is 12.7. The van der Waals surface area contributed by atoms with Gasteiger partial charge in [-0.3, -0.25) is 15.0 Å². The number of aryl methyl sites for hydroxylation is 2. The van der Waals surface area contributed by atoms with Crippen molar-refractivity contribution < 1.29 is 9.59 Å². The molecular weight excluding hydrogens is 448 g/mol. The lowest BCUT2D eigenvalue weighted by Gasteiger charge is -2.30. The largest absolute Gasteiger partial charge is 0.384 e. The van der Waals surface area contributed by atoms with E-state index < -0.39 is 0 Å². The maximum atomic E-state index is 13.5. The number of amidine groups is 1. The molecule has 0 aliphatic carbocycles. The lowest BCUT2D eigenvalue weighted by Crippen LogP contribution is -2.36. The third-order valence-electron chi connectivity index (χ3n) is 6.69. The summed E-state index contributed by atoms with van der Waals surface area (Å²) in [6.45, 7) is 3.49. The second kappa shape index (κ2) is 11.7. The highest BCUT2D eigenvalue weighted by atomic mass is 16.2. The molecule has 0 saturated heterocycles. The Bertz CT molecular complexity index is 1220. The van der Waals surface area contributed by atoms with Gasteiger partial charge in [0, 0.05) is 42.0 Å². The van der Waals surface area contributed by atoms with E-state index >= 15 is 0 Å². The lowest BCUT2D eigenvalue weighted by atomic mass is 9.97. The molecule has 0 aromatic heterocycles. The zero-order chi connectivity index (χ0) is 25.5. The fourth-order valence-corrected chi connectivity index (χ4v) is 4.65. The van der Waals surface area contributed by atoms with Crippen LogP contribution in [0.2, 0.25) is 0 Å². The molecule has 0 atom stereocenters. The van der Waals surface area contributed by atoms with E-state index in [9.17, 15) is 9.59 Å². The Labute approximate surface area is 213 Å². The number of nitrogen functional groups attached to an aromatic ring is 1. The number of anilines is 2. The van der Waals surface area contributed by atoms with Gasteiger partial charge in [-0.25, -0.2) is 0 Å². The van der Waals surface area contributed by atoms with Crippen molar-refractivity contribution in [2.75, 3.05) is 22.9 Å². The number of unbranched alkanes of at least 4 members (excludes halogenated alkanes) is 1. The van der Waals surface area contributed by atoms with Crippen LogP contribution in [0.4, 0.5) is 11.4 Å². The quantitative estimate of drug-likeness (QED) is 0.319. The van der Waals surface area contributed by atoms with Crippen LogP contribution in [0.15, 0.2) is 72.8 Å². The van der Waals surface area contributed by atoms with E-state index in [2.05, 4.69) is 6.92 Å². The summed E-state index contributed by atoms with van der Waals surface area (Å²) in [6.07, 6.45) is 4.71. The minimum Gasteiger partial charge on any atom is -0.384 e. The Hall–Kier alpha value is -3.93. The number of hydrogen-bond donors (Lipinski definition) is 2. The molecule has 2 amide bonds. The number of nitrogens with zero attached hydrogens (tertiary/aromatic N) is 2. The number of rotatable bonds is 9. The van der Waals surface area contributed by atoms with E-state index in [0.29, 0.717) is 37.1 Å². The maximum Gasteiger partial charge on any atom is 0.258 e. The summed E-state index contributed by atoms with van der Waals surface area (Å²) in [7, 11) is 0. The smallest absolute Gasteiger partial charge is 0.258 e. The third kappa shape index (κ3) is 5.82. The predicted molar refractivity (Wildman–Crippen MR) is 146 cm³/mol. The molecule has 3 aromatic rings. The minimum absolute atomic E-state index is 0.00472. The zero-order valence-electron chi connectivity index (χ0n) is 20.9. The third-order valence-corrected chi connectivity index (χ3v) is 6.69. The second-order valence-corrected chi connectivity index (χ2v) is 9.25. The summed E-state index contributed by atoms with van der Waals surface area (Å²) in [5.74, 6) is 0.118. The average molecular weight is 483 g/mol. The number of hydrogen-bond acceptors (Lipinski definition) is 3. The summed E-state index contributed by atoms with van der Waals surface area (Å²) in [4.78, 5) is 30.4. The minimum atomic E-state index is -0.00472. The van der Waals surface area contributed by atoms with Crippen LogP contribution >= 0.6 is 0 Å². The number of nitrogens with two attached hydrogens (primary N) is 1. The number of amides is 2. The Balaban J connectivity index is 1.48. The van der Waals surface area contributed by atoms with Crippen molar-refractivity contribution in [1.82, 2.24) is 0 Å².